The van der Waals surface area contributed by atoms with Crippen molar-refractivity contribution in [2.45, 2.75) is 45.1 Å². The van der Waals surface area contributed by atoms with E-state index >= 15 is 0 Å². The Hall–Kier alpha value is -0.600. The zero-order valence-corrected chi connectivity index (χ0v) is 11.8. The van der Waals surface area contributed by atoms with E-state index in [9.17, 15) is 4.39 Å². The highest BCUT2D eigenvalue weighted by Gasteiger charge is 2.34. The van der Waals surface area contributed by atoms with Crippen LogP contribution in [-0.4, -0.2) is 5.54 Å². The Morgan fingerprint density at radius 3 is 2.72 bits per heavy atom. The Morgan fingerprint density at radius 2 is 2.11 bits per heavy atom. The molecule has 3 unspecified atom stereocenters. The van der Waals surface area contributed by atoms with Crippen molar-refractivity contribution in [3.8, 4) is 0 Å². The van der Waals surface area contributed by atoms with Crippen molar-refractivity contribution >= 4 is 11.6 Å². The first-order valence-electron chi connectivity index (χ1n) is 6.62. The highest BCUT2D eigenvalue weighted by Crippen LogP contribution is 2.37. The predicted molar refractivity (Wildman–Crippen MR) is 74.2 cm³/mol. The standard InChI is InChI=1S/C15H21ClFN/c1-10-5-6-15(18,8-11(10)2)9-12-3-4-13(16)7-14(12)17/h3-4,7,10-11H,5-6,8-9,18H2,1-2H3. The second-order valence-electron chi connectivity index (χ2n) is 5.97. The Kier molecular flexibility index (Phi) is 3.98. The summed E-state index contributed by atoms with van der Waals surface area (Å²) in [6.07, 6.45) is 3.68. The summed E-state index contributed by atoms with van der Waals surface area (Å²) in [6, 6.07) is 4.86. The summed E-state index contributed by atoms with van der Waals surface area (Å²) in [5.74, 6) is 1.09. The lowest BCUT2D eigenvalue weighted by atomic mass is 9.69. The average molecular weight is 270 g/mol. The molecule has 1 aromatic carbocycles. The Morgan fingerprint density at radius 1 is 1.39 bits per heavy atom. The maximum atomic E-state index is 13.8. The van der Waals surface area contributed by atoms with Crippen LogP contribution in [0.3, 0.4) is 0 Å². The molecular weight excluding hydrogens is 249 g/mol. The van der Waals surface area contributed by atoms with Gasteiger partial charge in [0.15, 0.2) is 0 Å². The molecule has 3 heteroatoms. The summed E-state index contributed by atoms with van der Waals surface area (Å²) in [5, 5.41) is 0.438. The maximum absolute atomic E-state index is 13.8. The van der Waals surface area contributed by atoms with Crippen LogP contribution in [0.25, 0.3) is 0 Å². The molecule has 0 amide bonds. The minimum atomic E-state index is -0.263. The molecule has 1 aliphatic rings. The monoisotopic (exact) mass is 269 g/mol. The van der Waals surface area contributed by atoms with Gasteiger partial charge in [0, 0.05) is 10.6 Å². The molecule has 18 heavy (non-hydrogen) atoms. The lowest BCUT2D eigenvalue weighted by Crippen LogP contribution is -2.47. The molecule has 3 atom stereocenters. The van der Waals surface area contributed by atoms with Crippen LogP contribution in [-0.2, 0) is 6.42 Å². The Labute approximate surface area is 114 Å². The summed E-state index contributed by atoms with van der Waals surface area (Å²) in [5.41, 5.74) is 6.87. The fraction of sp³-hybridized carbons (Fsp3) is 0.600. The Bertz CT molecular complexity index is 435. The van der Waals surface area contributed by atoms with E-state index in [-0.39, 0.29) is 11.4 Å². The van der Waals surface area contributed by atoms with E-state index in [1.165, 1.54) is 6.07 Å². The molecule has 0 spiro atoms. The summed E-state index contributed by atoms with van der Waals surface area (Å²) < 4.78 is 13.8. The quantitative estimate of drug-likeness (QED) is 0.857. The van der Waals surface area contributed by atoms with Gasteiger partial charge in [0.25, 0.3) is 0 Å². The molecule has 100 valence electrons. The topological polar surface area (TPSA) is 26.0 Å². The fourth-order valence-corrected chi connectivity index (χ4v) is 3.11. The minimum absolute atomic E-state index is 0.237. The van der Waals surface area contributed by atoms with Crippen LogP contribution < -0.4 is 5.73 Å². The van der Waals surface area contributed by atoms with Crippen molar-refractivity contribution in [1.29, 1.82) is 0 Å². The third kappa shape index (κ3) is 3.04. The first kappa shape index (κ1) is 13.8. The second-order valence-corrected chi connectivity index (χ2v) is 6.41. The zero-order chi connectivity index (χ0) is 13.3. The SMILES string of the molecule is CC1CCC(N)(Cc2ccc(Cl)cc2F)CC1C. The maximum Gasteiger partial charge on any atom is 0.127 e. The number of nitrogens with two attached hydrogens (primary N) is 1. The van der Waals surface area contributed by atoms with E-state index in [1.54, 1.807) is 12.1 Å². The van der Waals surface area contributed by atoms with Gasteiger partial charge in [0.1, 0.15) is 5.82 Å². The number of rotatable bonds is 2. The van der Waals surface area contributed by atoms with Gasteiger partial charge >= 0.3 is 0 Å². The molecule has 0 bridgehead atoms. The van der Waals surface area contributed by atoms with Crippen molar-refractivity contribution in [3.63, 3.8) is 0 Å². The molecular formula is C15H21ClFN. The van der Waals surface area contributed by atoms with E-state index < -0.39 is 0 Å². The summed E-state index contributed by atoms with van der Waals surface area (Å²) in [7, 11) is 0. The zero-order valence-electron chi connectivity index (χ0n) is 11.0. The van der Waals surface area contributed by atoms with Crippen LogP contribution in [0.5, 0.6) is 0 Å². The largest absolute Gasteiger partial charge is 0.325 e. The lowest BCUT2D eigenvalue weighted by molar-refractivity contribution is 0.175. The van der Waals surface area contributed by atoms with Gasteiger partial charge in [0.2, 0.25) is 0 Å². The minimum Gasteiger partial charge on any atom is -0.325 e. The smallest absolute Gasteiger partial charge is 0.127 e. The van der Waals surface area contributed by atoms with E-state index in [0.29, 0.717) is 22.9 Å². The molecule has 2 rings (SSSR count). The van der Waals surface area contributed by atoms with Gasteiger partial charge in [-0.05, 0) is 55.2 Å². The second kappa shape index (κ2) is 5.18. The van der Waals surface area contributed by atoms with E-state index in [2.05, 4.69) is 13.8 Å². The first-order valence-corrected chi connectivity index (χ1v) is 7.00. The van der Waals surface area contributed by atoms with Crippen molar-refractivity contribution < 1.29 is 4.39 Å². The first-order chi connectivity index (χ1) is 8.39. The van der Waals surface area contributed by atoms with Crippen molar-refractivity contribution in [2.75, 3.05) is 0 Å². The Balaban J connectivity index is 2.13. The molecule has 0 heterocycles. The number of hydrogen-bond acceptors (Lipinski definition) is 1. The molecule has 1 nitrogen and oxygen atoms in total. The molecule has 2 N–H and O–H groups in total. The van der Waals surface area contributed by atoms with E-state index in [1.807, 2.05) is 0 Å². The van der Waals surface area contributed by atoms with Crippen molar-refractivity contribution in [1.82, 2.24) is 0 Å². The van der Waals surface area contributed by atoms with Crippen molar-refractivity contribution in [3.05, 3.63) is 34.6 Å². The molecule has 0 aliphatic heterocycles. The predicted octanol–water partition coefficient (Wildman–Crippen LogP) is 4.18. The normalized spacial score (nSPS) is 32.5. The van der Waals surface area contributed by atoms with Crippen LogP contribution in [0.1, 0.15) is 38.7 Å². The molecule has 0 saturated heterocycles. The summed E-state index contributed by atoms with van der Waals surface area (Å²) >= 11 is 5.77. The van der Waals surface area contributed by atoms with Crippen LogP contribution >= 0.6 is 11.6 Å². The highest BCUT2D eigenvalue weighted by molar-refractivity contribution is 6.30. The van der Waals surface area contributed by atoms with Gasteiger partial charge in [-0.3, -0.25) is 0 Å². The van der Waals surface area contributed by atoms with Gasteiger partial charge in [0.05, 0.1) is 0 Å². The molecule has 0 aromatic heterocycles. The van der Waals surface area contributed by atoms with Crippen LogP contribution in [0.4, 0.5) is 4.39 Å². The summed E-state index contributed by atoms with van der Waals surface area (Å²) in [6.45, 7) is 4.51. The summed E-state index contributed by atoms with van der Waals surface area (Å²) in [4.78, 5) is 0. The highest BCUT2D eigenvalue weighted by atomic mass is 35.5. The third-order valence-electron chi connectivity index (χ3n) is 4.36. The van der Waals surface area contributed by atoms with Gasteiger partial charge in [-0.25, -0.2) is 4.39 Å². The van der Waals surface area contributed by atoms with Crippen LogP contribution in [0, 0.1) is 17.7 Å². The van der Waals surface area contributed by atoms with E-state index in [0.717, 1.165) is 25.2 Å². The van der Waals surface area contributed by atoms with E-state index in [4.69, 9.17) is 17.3 Å². The average Bonchev–Trinajstić information content (AvgIpc) is 2.28. The molecule has 1 saturated carbocycles. The van der Waals surface area contributed by atoms with Crippen LogP contribution in [0.2, 0.25) is 5.02 Å². The van der Waals surface area contributed by atoms with Gasteiger partial charge in [-0.2, -0.15) is 0 Å². The number of halogens is 2. The molecule has 1 aliphatic carbocycles. The molecule has 1 aromatic rings. The van der Waals surface area contributed by atoms with Gasteiger partial charge in [-0.1, -0.05) is 31.5 Å². The van der Waals surface area contributed by atoms with Gasteiger partial charge < -0.3 is 5.73 Å². The lowest BCUT2D eigenvalue weighted by Gasteiger charge is -2.40. The number of hydrogen-bond donors (Lipinski definition) is 1. The number of benzene rings is 1. The fourth-order valence-electron chi connectivity index (χ4n) is 2.95. The third-order valence-corrected chi connectivity index (χ3v) is 4.59. The molecule has 0 radical (unpaired) electrons. The van der Waals surface area contributed by atoms with Gasteiger partial charge in [-0.15, -0.1) is 0 Å². The molecule has 1 fully saturated rings. The van der Waals surface area contributed by atoms with Crippen molar-refractivity contribution in [2.24, 2.45) is 17.6 Å². The van der Waals surface area contributed by atoms with Crippen LogP contribution in [0.15, 0.2) is 18.2 Å².